The van der Waals surface area contributed by atoms with E-state index >= 15 is 0 Å². The van der Waals surface area contributed by atoms with Gasteiger partial charge < -0.3 is 0 Å². The standard InChI is InChI=1S/C20H22ClN3/c21-18-10-8-17(9-11-18)20-19(16-4-2-1-3-5-16)13-24(23-20)14-22-12-15-6-7-15/h1-5,8-11,15,19,22H,6-7,12-14H2. The second-order valence-corrected chi connectivity index (χ2v) is 7.14. The van der Waals surface area contributed by atoms with Crippen molar-refractivity contribution < 1.29 is 0 Å². The highest BCUT2D eigenvalue weighted by molar-refractivity contribution is 6.30. The van der Waals surface area contributed by atoms with Gasteiger partial charge in [-0.2, -0.15) is 5.10 Å². The molecule has 1 heterocycles. The maximum absolute atomic E-state index is 6.04. The van der Waals surface area contributed by atoms with Crippen molar-refractivity contribution in [1.29, 1.82) is 0 Å². The molecule has 1 aliphatic carbocycles. The summed E-state index contributed by atoms with van der Waals surface area (Å²) >= 11 is 6.04. The Hall–Kier alpha value is -1.84. The van der Waals surface area contributed by atoms with Crippen LogP contribution in [-0.4, -0.2) is 30.5 Å². The molecule has 24 heavy (non-hydrogen) atoms. The van der Waals surface area contributed by atoms with E-state index in [0.717, 1.165) is 42.0 Å². The van der Waals surface area contributed by atoms with E-state index in [1.54, 1.807) is 0 Å². The molecule has 1 N–H and O–H groups in total. The van der Waals surface area contributed by atoms with Crippen molar-refractivity contribution in [3.8, 4) is 0 Å². The van der Waals surface area contributed by atoms with Crippen LogP contribution in [0.3, 0.4) is 0 Å². The van der Waals surface area contributed by atoms with Gasteiger partial charge >= 0.3 is 0 Å². The number of halogens is 1. The lowest BCUT2D eigenvalue weighted by molar-refractivity contribution is 0.282. The van der Waals surface area contributed by atoms with Gasteiger partial charge in [-0.25, -0.2) is 0 Å². The molecule has 1 fully saturated rings. The predicted octanol–water partition coefficient (Wildman–Crippen LogP) is 4.10. The van der Waals surface area contributed by atoms with Crippen LogP contribution in [0.2, 0.25) is 5.02 Å². The topological polar surface area (TPSA) is 27.6 Å². The van der Waals surface area contributed by atoms with Crippen molar-refractivity contribution in [2.75, 3.05) is 19.8 Å². The highest BCUT2D eigenvalue weighted by atomic mass is 35.5. The number of hydrogen-bond donors (Lipinski definition) is 1. The maximum atomic E-state index is 6.04. The molecule has 0 bridgehead atoms. The molecule has 0 amide bonds. The van der Waals surface area contributed by atoms with Crippen LogP contribution in [0, 0.1) is 5.92 Å². The fourth-order valence-electron chi connectivity index (χ4n) is 3.21. The van der Waals surface area contributed by atoms with Crippen LogP contribution in [0.4, 0.5) is 0 Å². The van der Waals surface area contributed by atoms with E-state index in [0.29, 0.717) is 5.92 Å². The molecule has 1 aliphatic heterocycles. The van der Waals surface area contributed by atoms with E-state index in [2.05, 4.69) is 52.8 Å². The van der Waals surface area contributed by atoms with Gasteiger partial charge in [-0.1, -0.05) is 54.1 Å². The number of hydrogen-bond acceptors (Lipinski definition) is 3. The third kappa shape index (κ3) is 3.63. The first-order chi connectivity index (χ1) is 11.8. The van der Waals surface area contributed by atoms with Gasteiger partial charge in [0.25, 0.3) is 0 Å². The van der Waals surface area contributed by atoms with Crippen LogP contribution in [0.25, 0.3) is 0 Å². The Labute approximate surface area is 148 Å². The summed E-state index contributed by atoms with van der Waals surface area (Å²) in [5.41, 5.74) is 3.60. The molecule has 0 saturated heterocycles. The zero-order chi connectivity index (χ0) is 16.4. The van der Waals surface area contributed by atoms with E-state index in [9.17, 15) is 0 Å². The van der Waals surface area contributed by atoms with Gasteiger partial charge in [0, 0.05) is 10.9 Å². The Balaban J connectivity index is 1.55. The lowest BCUT2D eigenvalue weighted by Crippen LogP contribution is -2.31. The molecule has 1 atom stereocenters. The molecule has 0 radical (unpaired) electrons. The minimum Gasteiger partial charge on any atom is -0.298 e. The molecule has 0 aromatic heterocycles. The summed E-state index contributed by atoms with van der Waals surface area (Å²) in [4.78, 5) is 0. The molecule has 1 saturated carbocycles. The van der Waals surface area contributed by atoms with Crippen LogP contribution < -0.4 is 5.32 Å². The van der Waals surface area contributed by atoms with Crippen molar-refractivity contribution in [3.05, 3.63) is 70.7 Å². The predicted molar refractivity (Wildman–Crippen MR) is 99.5 cm³/mol. The number of rotatable bonds is 6. The van der Waals surface area contributed by atoms with Gasteiger partial charge in [-0.05, 0) is 48.6 Å². The third-order valence-corrected chi connectivity index (χ3v) is 4.99. The van der Waals surface area contributed by atoms with Crippen molar-refractivity contribution in [1.82, 2.24) is 10.3 Å². The highest BCUT2D eigenvalue weighted by Crippen LogP contribution is 2.30. The minimum atomic E-state index is 0.301. The van der Waals surface area contributed by atoms with Crippen LogP contribution in [0.5, 0.6) is 0 Å². The lowest BCUT2D eigenvalue weighted by Gasteiger charge is -2.17. The van der Waals surface area contributed by atoms with Crippen molar-refractivity contribution in [2.45, 2.75) is 18.8 Å². The van der Waals surface area contributed by atoms with Gasteiger partial charge in [0.05, 0.1) is 18.9 Å². The van der Waals surface area contributed by atoms with Crippen LogP contribution >= 0.6 is 11.6 Å². The second kappa shape index (κ2) is 6.96. The van der Waals surface area contributed by atoms with Gasteiger partial charge in [0.1, 0.15) is 0 Å². The van der Waals surface area contributed by atoms with E-state index in [4.69, 9.17) is 16.7 Å². The molecular formula is C20H22ClN3. The van der Waals surface area contributed by atoms with E-state index < -0.39 is 0 Å². The summed E-state index contributed by atoms with van der Waals surface area (Å²) in [6.07, 6.45) is 2.75. The molecule has 2 aromatic rings. The molecule has 4 heteroatoms. The average molecular weight is 340 g/mol. The number of nitrogens with one attached hydrogen (secondary N) is 1. The zero-order valence-corrected chi connectivity index (χ0v) is 14.4. The van der Waals surface area contributed by atoms with Crippen molar-refractivity contribution >= 4 is 17.3 Å². The fourth-order valence-corrected chi connectivity index (χ4v) is 3.33. The summed E-state index contributed by atoms with van der Waals surface area (Å²) in [5.74, 6) is 1.19. The van der Waals surface area contributed by atoms with E-state index in [-0.39, 0.29) is 0 Å². The Morgan fingerprint density at radius 1 is 1.04 bits per heavy atom. The molecule has 4 rings (SSSR count). The van der Waals surface area contributed by atoms with Crippen molar-refractivity contribution in [2.24, 2.45) is 11.0 Å². The quantitative estimate of drug-likeness (QED) is 0.858. The minimum absolute atomic E-state index is 0.301. The number of benzene rings is 2. The summed E-state index contributed by atoms with van der Waals surface area (Å²) in [6.45, 7) is 2.84. The van der Waals surface area contributed by atoms with Crippen LogP contribution in [0.15, 0.2) is 59.7 Å². The largest absolute Gasteiger partial charge is 0.298 e. The Morgan fingerprint density at radius 3 is 2.50 bits per heavy atom. The van der Waals surface area contributed by atoms with Gasteiger partial charge in [0.15, 0.2) is 0 Å². The Kier molecular flexibility index (Phi) is 4.54. The number of nitrogens with zero attached hydrogens (tertiary/aromatic N) is 2. The Bertz CT molecular complexity index is 707. The SMILES string of the molecule is Clc1ccc(C2=NN(CNCC3CC3)CC2c2ccccc2)cc1. The fraction of sp³-hybridized carbons (Fsp3) is 0.350. The van der Waals surface area contributed by atoms with Crippen LogP contribution in [0.1, 0.15) is 29.9 Å². The van der Waals surface area contributed by atoms with Gasteiger partial charge in [-0.15, -0.1) is 0 Å². The molecule has 0 spiro atoms. The normalized spacial score (nSPS) is 20.3. The smallest absolute Gasteiger partial charge is 0.0855 e. The highest BCUT2D eigenvalue weighted by Gasteiger charge is 2.29. The lowest BCUT2D eigenvalue weighted by atomic mass is 9.91. The number of hydrazone groups is 1. The third-order valence-electron chi connectivity index (χ3n) is 4.74. The Morgan fingerprint density at radius 2 is 1.79 bits per heavy atom. The molecule has 3 nitrogen and oxygen atoms in total. The van der Waals surface area contributed by atoms with Gasteiger partial charge in [0.2, 0.25) is 0 Å². The molecule has 124 valence electrons. The summed E-state index contributed by atoms with van der Waals surface area (Å²) < 4.78 is 0. The monoisotopic (exact) mass is 339 g/mol. The average Bonchev–Trinajstić information content (AvgIpc) is 3.34. The summed E-state index contributed by atoms with van der Waals surface area (Å²) in [7, 11) is 0. The molecule has 1 unspecified atom stereocenters. The second-order valence-electron chi connectivity index (χ2n) is 6.70. The maximum Gasteiger partial charge on any atom is 0.0855 e. The van der Waals surface area contributed by atoms with Crippen molar-refractivity contribution in [3.63, 3.8) is 0 Å². The van der Waals surface area contributed by atoms with Crippen LogP contribution in [-0.2, 0) is 0 Å². The first-order valence-electron chi connectivity index (χ1n) is 8.64. The van der Waals surface area contributed by atoms with E-state index in [1.807, 2.05) is 12.1 Å². The first kappa shape index (κ1) is 15.7. The van der Waals surface area contributed by atoms with Gasteiger partial charge in [-0.3, -0.25) is 10.3 Å². The summed E-state index contributed by atoms with van der Waals surface area (Å²) in [6, 6.07) is 18.7. The first-order valence-corrected chi connectivity index (χ1v) is 9.02. The van der Waals surface area contributed by atoms with E-state index in [1.165, 1.54) is 18.4 Å². The zero-order valence-electron chi connectivity index (χ0n) is 13.7. The summed E-state index contributed by atoms with van der Waals surface area (Å²) in [5, 5.41) is 11.4. The molecule has 2 aromatic carbocycles. The molecule has 2 aliphatic rings. The molecular weight excluding hydrogens is 318 g/mol.